The molecule has 1 fully saturated rings. The highest BCUT2D eigenvalue weighted by atomic mass is 35.5. The van der Waals surface area contributed by atoms with Gasteiger partial charge >= 0.3 is 0 Å². The fourth-order valence-electron chi connectivity index (χ4n) is 2.23. The van der Waals surface area contributed by atoms with E-state index in [0.29, 0.717) is 16.9 Å². The predicted molar refractivity (Wildman–Crippen MR) is 82.4 cm³/mol. The molecule has 1 aromatic rings. The van der Waals surface area contributed by atoms with Crippen LogP contribution in [0.25, 0.3) is 0 Å². The van der Waals surface area contributed by atoms with Crippen molar-refractivity contribution < 1.29 is 4.74 Å². The minimum absolute atomic E-state index is 0.232. The lowest BCUT2D eigenvalue weighted by Gasteiger charge is -2.29. The molecule has 112 valence electrons. The number of likely N-dealkylation sites (tertiary alicyclic amines) is 1. The largest absolute Gasteiger partial charge is 0.473 e. The van der Waals surface area contributed by atoms with Gasteiger partial charge in [0.05, 0.1) is 0 Å². The van der Waals surface area contributed by atoms with Gasteiger partial charge in [0.2, 0.25) is 5.88 Å². The molecule has 0 aliphatic carbocycles. The number of nitrogens with one attached hydrogen (secondary N) is 1. The SMILES string of the molecule is CC(C)NCc1cnc(OC2CCN(C)CC2)c(Cl)c1. The van der Waals surface area contributed by atoms with E-state index < -0.39 is 0 Å². The Bertz CT molecular complexity index is 431. The van der Waals surface area contributed by atoms with Crippen LogP contribution in [0.15, 0.2) is 12.3 Å². The highest BCUT2D eigenvalue weighted by Gasteiger charge is 2.19. The molecule has 2 heterocycles. The van der Waals surface area contributed by atoms with Crippen molar-refractivity contribution in [3.8, 4) is 5.88 Å². The first kappa shape index (κ1) is 15.5. The van der Waals surface area contributed by atoms with E-state index in [-0.39, 0.29) is 6.10 Å². The van der Waals surface area contributed by atoms with Crippen molar-refractivity contribution >= 4 is 11.6 Å². The second-order valence-corrected chi connectivity index (χ2v) is 6.19. The molecule has 0 unspecified atom stereocenters. The first-order valence-electron chi connectivity index (χ1n) is 7.27. The van der Waals surface area contributed by atoms with Gasteiger partial charge in [0.1, 0.15) is 11.1 Å². The molecule has 5 heteroatoms. The quantitative estimate of drug-likeness (QED) is 0.907. The number of nitrogens with zero attached hydrogens (tertiary/aromatic N) is 2. The second kappa shape index (κ2) is 7.25. The lowest BCUT2D eigenvalue weighted by atomic mass is 10.1. The van der Waals surface area contributed by atoms with Crippen LogP contribution in [0.2, 0.25) is 5.02 Å². The Labute approximate surface area is 126 Å². The number of hydrogen-bond donors (Lipinski definition) is 1. The summed E-state index contributed by atoms with van der Waals surface area (Å²) in [5.41, 5.74) is 1.08. The van der Waals surface area contributed by atoms with E-state index in [2.05, 4.69) is 36.1 Å². The van der Waals surface area contributed by atoms with Crippen LogP contribution in [-0.2, 0) is 6.54 Å². The normalized spacial score (nSPS) is 17.6. The highest BCUT2D eigenvalue weighted by molar-refractivity contribution is 6.31. The molecule has 2 rings (SSSR count). The van der Waals surface area contributed by atoms with Crippen molar-refractivity contribution in [1.29, 1.82) is 0 Å². The fourth-order valence-corrected chi connectivity index (χ4v) is 2.46. The van der Waals surface area contributed by atoms with Gasteiger partial charge in [-0.15, -0.1) is 0 Å². The molecule has 4 nitrogen and oxygen atoms in total. The summed E-state index contributed by atoms with van der Waals surface area (Å²) in [5.74, 6) is 0.564. The third-order valence-corrected chi connectivity index (χ3v) is 3.79. The molecule has 1 saturated heterocycles. The molecule has 1 aliphatic heterocycles. The minimum Gasteiger partial charge on any atom is -0.473 e. The van der Waals surface area contributed by atoms with Crippen molar-refractivity contribution in [2.75, 3.05) is 20.1 Å². The molecule has 0 radical (unpaired) electrons. The molecular formula is C15H24ClN3O. The number of rotatable bonds is 5. The summed E-state index contributed by atoms with van der Waals surface area (Å²) >= 11 is 6.27. The molecule has 0 aromatic carbocycles. The van der Waals surface area contributed by atoms with Crippen LogP contribution in [0, 0.1) is 0 Å². The van der Waals surface area contributed by atoms with E-state index in [4.69, 9.17) is 16.3 Å². The summed E-state index contributed by atoms with van der Waals surface area (Å²) < 4.78 is 5.92. The first-order valence-corrected chi connectivity index (χ1v) is 7.65. The van der Waals surface area contributed by atoms with Crippen molar-refractivity contribution in [2.24, 2.45) is 0 Å². The standard InChI is InChI=1S/C15H24ClN3O/c1-11(2)17-9-12-8-14(16)15(18-10-12)20-13-4-6-19(3)7-5-13/h8,10-11,13,17H,4-7,9H2,1-3H3. The zero-order valence-corrected chi connectivity index (χ0v) is 13.3. The molecule has 0 saturated carbocycles. The molecule has 20 heavy (non-hydrogen) atoms. The lowest BCUT2D eigenvalue weighted by molar-refractivity contribution is 0.110. The molecule has 1 aliphatic rings. The average Bonchev–Trinajstić information content (AvgIpc) is 2.41. The highest BCUT2D eigenvalue weighted by Crippen LogP contribution is 2.25. The van der Waals surface area contributed by atoms with Gasteiger partial charge in [0, 0.05) is 31.9 Å². The van der Waals surface area contributed by atoms with Crippen molar-refractivity contribution in [1.82, 2.24) is 15.2 Å². The number of hydrogen-bond acceptors (Lipinski definition) is 4. The van der Waals surface area contributed by atoms with Crippen LogP contribution in [0.4, 0.5) is 0 Å². The summed E-state index contributed by atoms with van der Waals surface area (Å²) in [7, 11) is 2.14. The predicted octanol–water partition coefficient (Wildman–Crippen LogP) is 2.71. The van der Waals surface area contributed by atoms with Gasteiger partial charge < -0.3 is 15.0 Å². The average molecular weight is 298 g/mol. The summed E-state index contributed by atoms with van der Waals surface area (Å²) in [6.07, 6.45) is 4.14. The van der Waals surface area contributed by atoms with Crippen LogP contribution in [-0.4, -0.2) is 42.2 Å². The molecule has 0 spiro atoms. The van der Waals surface area contributed by atoms with E-state index >= 15 is 0 Å². The van der Waals surface area contributed by atoms with Gasteiger partial charge in [0.25, 0.3) is 0 Å². The molecule has 0 amide bonds. The van der Waals surface area contributed by atoms with Gasteiger partial charge in [-0.25, -0.2) is 4.98 Å². The third kappa shape index (κ3) is 4.62. The number of ether oxygens (including phenoxy) is 1. The Morgan fingerprint density at radius 1 is 1.45 bits per heavy atom. The van der Waals surface area contributed by atoms with Gasteiger partial charge in [-0.1, -0.05) is 25.4 Å². The van der Waals surface area contributed by atoms with E-state index in [1.54, 1.807) is 0 Å². The van der Waals surface area contributed by atoms with Crippen LogP contribution in [0.1, 0.15) is 32.3 Å². The van der Waals surface area contributed by atoms with E-state index in [0.717, 1.165) is 38.0 Å². The Morgan fingerprint density at radius 3 is 2.75 bits per heavy atom. The summed E-state index contributed by atoms with van der Waals surface area (Å²) in [5, 5.41) is 3.95. The molecule has 0 bridgehead atoms. The molecule has 1 N–H and O–H groups in total. The third-order valence-electron chi connectivity index (χ3n) is 3.52. The van der Waals surface area contributed by atoms with Gasteiger partial charge in [-0.3, -0.25) is 0 Å². The van der Waals surface area contributed by atoms with E-state index in [1.165, 1.54) is 0 Å². The topological polar surface area (TPSA) is 37.4 Å². The van der Waals surface area contributed by atoms with E-state index in [9.17, 15) is 0 Å². The minimum atomic E-state index is 0.232. The van der Waals surface area contributed by atoms with Crippen LogP contribution in [0.5, 0.6) is 5.88 Å². The van der Waals surface area contributed by atoms with Crippen molar-refractivity contribution in [3.63, 3.8) is 0 Å². The van der Waals surface area contributed by atoms with Crippen molar-refractivity contribution in [3.05, 3.63) is 22.8 Å². The fraction of sp³-hybridized carbons (Fsp3) is 0.667. The smallest absolute Gasteiger partial charge is 0.232 e. The van der Waals surface area contributed by atoms with Crippen LogP contribution >= 0.6 is 11.6 Å². The first-order chi connectivity index (χ1) is 9.54. The van der Waals surface area contributed by atoms with E-state index in [1.807, 2.05) is 12.3 Å². The summed E-state index contributed by atoms with van der Waals surface area (Å²) in [6, 6.07) is 2.39. The van der Waals surface area contributed by atoms with Crippen molar-refractivity contribution in [2.45, 2.75) is 45.4 Å². The molecule has 0 atom stereocenters. The number of halogens is 1. The molecular weight excluding hydrogens is 274 g/mol. The Morgan fingerprint density at radius 2 is 2.15 bits per heavy atom. The Kier molecular flexibility index (Phi) is 5.64. The second-order valence-electron chi connectivity index (χ2n) is 5.79. The maximum atomic E-state index is 6.27. The number of pyridine rings is 1. The number of aromatic nitrogens is 1. The summed E-state index contributed by atoms with van der Waals surface area (Å²) in [4.78, 5) is 6.68. The maximum absolute atomic E-state index is 6.27. The summed E-state index contributed by atoms with van der Waals surface area (Å²) in [6.45, 7) is 7.15. The number of piperidine rings is 1. The zero-order valence-electron chi connectivity index (χ0n) is 12.5. The monoisotopic (exact) mass is 297 g/mol. The van der Waals surface area contributed by atoms with Crippen LogP contribution < -0.4 is 10.1 Å². The Hall–Kier alpha value is -0.840. The van der Waals surface area contributed by atoms with Gasteiger partial charge in [0.15, 0.2) is 0 Å². The molecule has 1 aromatic heterocycles. The lowest BCUT2D eigenvalue weighted by Crippen LogP contribution is -2.35. The zero-order chi connectivity index (χ0) is 14.5. The Balaban J connectivity index is 1.92. The van der Waals surface area contributed by atoms with Gasteiger partial charge in [-0.05, 0) is 31.5 Å². The van der Waals surface area contributed by atoms with Crippen LogP contribution in [0.3, 0.4) is 0 Å². The van der Waals surface area contributed by atoms with Gasteiger partial charge in [-0.2, -0.15) is 0 Å². The maximum Gasteiger partial charge on any atom is 0.232 e.